The number of aliphatic hydroxyl groups is 2. The Labute approximate surface area is 116 Å². The molecule has 2 N–H and O–H groups in total. The highest BCUT2D eigenvalue weighted by Crippen LogP contribution is 2.27. The van der Waals surface area contributed by atoms with Gasteiger partial charge in [0.25, 0.3) is 0 Å². The summed E-state index contributed by atoms with van der Waals surface area (Å²) >= 11 is 0. The van der Waals surface area contributed by atoms with E-state index < -0.39 is 12.2 Å². The molecule has 0 amide bonds. The standard InChI is InChI=1S/C16H26O3/c1-5-8-19-16-12(3)9-11(2)10-14(16)6-7-15(18)13(4)17/h9-10,13,15,17-18H,5-8H2,1-4H3. The van der Waals surface area contributed by atoms with Crippen LogP contribution in [-0.4, -0.2) is 29.0 Å². The van der Waals surface area contributed by atoms with E-state index in [9.17, 15) is 10.2 Å². The fraction of sp³-hybridized carbons (Fsp3) is 0.625. The number of aliphatic hydroxyl groups excluding tert-OH is 2. The highest BCUT2D eigenvalue weighted by molar-refractivity contribution is 5.44. The summed E-state index contributed by atoms with van der Waals surface area (Å²) in [5, 5.41) is 19.0. The summed E-state index contributed by atoms with van der Waals surface area (Å²) in [6, 6.07) is 4.21. The first-order valence-corrected chi connectivity index (χ1v) is 7.04. The fourth-order valence-electron chi connectivity index (χ4n) is 2.18. The van der Waals surface area contributed by atoms with Crippen LogP contribution in [0, 0.1) is 13.8 Å². The summed E-state index contributed by atoms with van der Waals surface area (Å²) in [6.07, 6.45) is 0.866. The lowest BCUT2D eigenvalue weighted by Crippen LogP contribution is -2.23. The summed E-state index contributed by atoms with van der Waals surface area (Å²) in [5.74, 6) is 0.935. The number of hydrogen-bond donors (Lipinski definition) is 2. The van der Waals surface area contributed by atoms with Crippen LogP contribution in [0.15, 0.2) is 12.1 Å². The van der Waals surface area contributed by atoms with Gasteiger partial charge in [-0.25, -0.2) is 0 Å². The Morgan fingerprint density at radius 1 is 1.21 bits per heavy atom. The molecule has 0 spiro atoms. The lowest BCUT2D eigenvalue weighted by Gasteiger charge is -2.17. The van der Waals surface area contributed by atoms with E-state index in [1.807, 2.05) is 6.92 Å². The Hall–Kier alpha value is -1.06. The molecule has 1 aromatic rings. The topological polar surface area (TPSA) is 49.7 Å². The van der Waals surface area contributed by atoms with Gasteiger partial charge >= 0.3 is 0 Å². The Morgan fingerprint density at radius 3 is 2.47 bits per heavy atom. The van der Waals surface area contributed by atoms with Gasteiger partial charge in [0.2, 0.25) is 0 Å². The van der Waals surface area contributed by atoms with E-state index in [0.29, 0.717) is 19.4 Å². The average Bonchev–Trinajstić information content (AvgIpc) is 2.34. The molecular weight excluding hydrogens is 240 g/mol. The molecule has 0 aliphatic rings. The first kappa shape index (κ1) is 16.0. The number of benzene rings is 1. The van der Waals surface area contributed by atoms with E-state index in [2.05, 4.69) is 26.0 Å². The van der Waals surface area contributed by atoms with Gasteiger partial charge in [0.1, 0.15) is 5.75 Å². The number of hydrogen-bond acceptors (Lipinski definition) is 3. The minimum atomic E-state index is -0.689. The van der Waals surface area contributed by atoms with Crippen molar-refractivity contribution in [1.29, 1.82) is 0 Å². The molecule has 0 aromatic heterocycles. The van der Waals surface area contributed by atoms with Gasteiger partial charge in [0.15, 0.2) is 0 Å². The van der Waals surface area contributed by atoms with E-state index in [1.165, 1.54) is 5.56 Å². The Balaban J connectivity index is 2.84. The van der Waals surface area contributed by atoms with Crippen molar-refractivity contribution >= 4 is 0 Å². The third-order valence-corrected chi connectivity index (χ3v) is 3.21. The molecule has 2 atom stereocenters. The van der Waals surface area contributed by atoms with Crippen LogP contribution in [0.2, 0.25) is 0 Å². The molecule has 0 aliphatic heterocycles. The van der Waals surface area contributed by atoms with Crippen LogP contribution < -0.4 is 4.74 Å². The lowest BCUT2D eigenvalue weighted by molar-refractivity contribution is 0.0264. The third-order valence-electron chi connectivity index (χ3n) is 3.21. The van der Waals surface area contributed by atoms with Crippen molar-refractivity contribution in [2.24, 2.45) is 0 Å². The first-order chi connectivity index (χ1) is 8.95. The molecule has 0 heterocycles. The number of ether oxygens (including phenoxy) is 1. The monoisotopic (exact) mass is 266 g/mol. The van der Waals surface area contributed by atoms with Crippen molar-refractivity contribution in [2.75, 3.05) is 6.61 Å². The van der Waals surface area contributed by atoms with Crippen LogP contribution in [0.5, 0.6) is 5.75 Å². The Kier molecular flexibility index (Phi) is 6.32. The predicted molar refractivity (Wildman–Crippen MR) is 77.7 cm³/mol. The van der Waals surface area contributed by atoms with Crippen molar-refractivity contribution in [3.8, 4) is 5.75 Å². The van der Waals surface area contributed by atoms with Crippen molar-refractivity contribution in [3.05, 3.63) is 28.8 Å². The predicted octanol–water partition coefficient (Wildman–Crippen LogP) is 2.77. The maximum Gasteiger partial charge on any atom is 0.125 e. The highest BCUT2D eigenvalue weighted by atomic mass is 16.5. The van der Waals surface area contributed by atoms with Crippen LogP contribution in [-0.2, 0) is 6.42 Å². The van der Waals surface area contributed by atoms with Crippen LogP contribution in [0.1, 0.15) is 43.4 Å². The van der Waals surface area contributed by atoms with Crippen LogP contribution in [0.3, 0.4) is 0 Å². The Morgan fingerprint density at radius 2 is 1.89 bits per heavy atom. The maximum atomic E-state index is 9.70. The van der Waals surface area contributed by atoms with E-state index >= 15 is 0 Å². The highest BCUT2D eigenvalue weighted by Gasteiger charge is 2.14. The molecule has 3 nitrogen and oxygen atoms in total. The van der Waals surface area contributed by atoms with Crippen LogP contribution in [0.25, 0.3) is 0 Å². The molecule has 3 heteroatoms. The molecule has 19 heavy (non-hydrogen) atoms. The molecule has 0 saturated heterocycles. The molecule has 0 fully saturated rings. The van der Waals surface area contributed by atoms with Crippen molar-refractivity contribution in [3.63, 3.8) is 0 Å². The van der Waals surface area contributed by atoms with Crippen molar-refractivity contribution in [1.82, 2.24) is 0 Å². The molecule has 0 saturated carbocycles. The van der Waals surface area contributed by atoms with Gasteiger partial charge in [-0.15, -0.1) is 0 Å². The van der Waals surface area contributed by atoms with Gasteiger partial charge in [-0.05, 0) is 51.2 Å². The zero-order valence-electron chi connectivity index (χ0n) is 12.4. The van der Waals surface area contributed by atoms with Crippen molar-refractivity contribution < 1.29 is 14.9 Å². The maximum absolute atomic E-state index is 9.70. The normalized spacial score (nSPS) is 14.2. The quantitative estimate of drug-likeness (QED) is 0.798. The second-order valence-electron chi connectivity index (χ2n) is 5.27. The molecule has 0 radical (unpaired) electrons. The van der Waals surface area contributed by atoms with E-state index in [1.54, 1.807) is 6.92 Å². The molecular formula is C16H26O3. The molecule has 108 valence electrons. The molecule has 1 aromatic carbocycles. The average molecular weight is 266 g/mol. The van der Waals surface area contributed by atoms with Gasteiger partial charge in [-0.3, -0.25) is 0 Å². The lowest BCUT2D eigenvalue weighted by atomic mass is 9.99. The van der Waals surface area contributed by atoms with E-state index in [-0.39, 0.29) is 0 Å². The van der Waals surface area contributed by atoms with Crippen LogP contribution >= 0.6 is 0 Å². The molecule has 0 aliphatic carbocycles. The van der Waals surface area contributed by atoms with Crippen molar-refractivity contribution in [2.45, 2.75) is 59.2 Å². The molecule has 1 rings (SSSR count). The zero-order chi connectivity index (χ0) is 14.4. The molecule has 0 bridgehead atoms. The number of aryl methyl sites for hydroxylation is 3. The minimum Gasteiger partial charge on any atom is -0.493 e. The summed E-state index contributed by atoms with van der Waals surface area (Å²) < 4.78 is 5.82. The first-order valence-electron chi connectivity index (χ1n) is 7.04. The van der Waals surface area contributed by atoms with Gasteiger partial charge < -0.3 is 14.9 Å². The van der Waals surface area contributed by atoms with Gasteiger partial charge in [0, 0.05) is 0 Å². The molecule has 2 unspecified atom stereocenters. The third kappa shape index (κ3) is 4.84. The number of rotatable bonds is 7. The SMILES string of the molecule is CCCOc1c(C)cc(C)cc1CCC(O)C(C)O. The van der Waals surface area contributed by atoms with E-state index in [4.69, 9.17) is 4.74 Å². The summed E-state index contributed by atoms with van der Waals surface area (Å²) in [4.78, 5) is 0. The van der Waals surface area contributed by atoms with E-state index in [0.717, 1.165) is 23.3 Å². The second-order valence-corrected chi connectivity index (χ2v) is 5.27. The van der Waals surface area contributed by atoms with Gasteiger partial charge in [-0.2, -0.15) is 0 Å². The largest absolute Gasteiger partial charge is 0.493 e. The minimum absolute atomic E-state index is 0.545. The summed E-state index contributed by atoms with van der Waals surface area (Å²) in [7, 11) is 0. The zero-order valence-corrected chi connectivity index (χ0v) is 12.4. The Bertz CT molecular complexity index is 399. The summed E-state index contributed by atoms with van der Waals surface area (Å²) in [5.41, 5.74) is 3.45. The van der Waals surface area contributed by atoms with Crippen LogP contribution in [0.4, 0.5) is 0 Å². The van der Waals surface area contributed by atoms with Gasteiger partial charge in [0.05, 0.1) is 18.8 Å². The second kappa shape index (κ2) is 7.51. The summed E-state index contributed by atoms with van der Waals surface area (Å²) in [6.45, 7) is 8.51. The fourth-order valence-corrected chi connectivity index (χ4v) is 2.18. The van der Waals surface area contributed by atoms with Gasteiger partial charge in [-0.1, -0.05) is 24.6 Å². The smallest absolute Gasteiger partial charge is 0.125 e.